The standard InChI is InChI=1S/C23H16ClNO6/c1-13-9-20-16(11-17(13)24)14(10-21(26)31-20)12-30-23(28)15-5-2-3-6-18(15)25-22(27)19-7-4-8-29-19/h2-11H,12H2,1H3,(H,25,27). The second kappa shape index (κ2) is 8.49. The SMILES string of the molecule is Cc1cc2oc(=O)cc(COC(=O)c3ccccc3NC(=O)c3ccco3)c2cc1Cl. The second-order valence-corrected chi connectivity index (χ2v) is 7.15. The summed E-state index contributed by atoms with van der Waals surface area (Å²) in [6, 6.07) is 14.1. The zero-order chi connectivity index (χ0) is 22.0. The summed E-state index contributed by atoms with van der Waals surface area (Å²) in [7, 11) is 0. The number of furan rings is 1. The van der Waals surface area contributed by atoms with E-state index in [1.54, 1.807) is 43.3 Å². The first kappa shape index (κ1) is 20.4. The number of para-hydroxylation sites is 1. The summed E-state index contributed by atoms with van der Waals surface area (Å²) >= 11 is 6.19. The molecule has 1 N–H and O–H groups in total. The molecule has 4 rings (SSSR count). The Balaban J connectivity index is 1.57. The van der Waals surface area contributed by atoms with Crippen molar-refractivity contribution in [1.29, 1.82) is 0 Å². The third-order valence-corrected chi connectivity index (χ3v) is 5.02. The molecule has 0 fully saturated rings. The minimum absolute atomic E-state index is 0.109. The van der Waals surface area contributed by atoms with Gasteiger partial charge in [-0.25, -0.2) is 9.59 Å². The predicted molar refractivity (Wildman–Crippen MR) is 114 cm³/mol. The average Bonchev–Trinajstić information content (AvgIpc) is 3.28. The van der Waals surface area contributed by atoms with Gasteiger partial charge in [-0.3, -0.25) is 4.79 Å². The quantitative estimate of drug-likeness (QED) is 0.350. The Kier molecular flexibility index (Phi) is 5.60. The number of rotatable bonds is 5. The number of nitrogens with one attached hydrogen (secondary N) is 1. The fourth-order valence-electron chi connectivity index (χ4n) is 3.05. The number of aryl methyl sites for hydroxylation is 1. The molecule has 0 unspecified atom stereocenters. The topological polar surface area (TPSA) is 98.7 Å². The molecule has 0 bridgehead atoms. The normalized spacial score (nSPS) is 10.8. The van der Waals surface area contributed by atoms with Crippen LogP contribution in [-0.2, 0) is 11.3 Å². The van der Waals surface area contributed by atoms with Crippen LogP contribution in [0, 0.1) is 6.92 Å². The van der Waals surface area contributed by atoms with E-state index < -0.39 is 17.5 Å². The molecule has 0 aliphatic carbocycles. The second-order valence-electron chi connectivity index (χ2n) is 6.74. The van der Waals surface area contributed by atoms with E-state index in [9.17, 15) is 14.4 Å². The van der Waals surface area contributed by atoms with Crippen LogP contribution in [0.4, 0.5) is 5.69 Å². The minimum Gasteiger partial charge on any atom is -0.459 e. The van der Waals surface area contributed by atoms with Crippen molar-refractivity contribution in [2.24, 2.45) is 0 Å². The molecule has 0 aliphatic rings. The van der Waals surface area contributed by atoms with E-state index in [0.717, 1.165) is 5.56 Å². The van der Waals surface area contributed by atoms with Crippen LogP contribution in [0.5, 0.6) is 0 Å². The van der Waals surface area contributed by atoms with Crippen molar-refractivity contribution >= 4 is 40.1 Å². The van der Waals surface area contributed by atoms with Crippen LogP contribution in [0.25, 0.3) is 11.0 Å². The van der Waals surface area contributed by atoms with Gasteiger partial charge < -0.3 is 18.9 Å². The monoisotopic (exact) mass is 437 g/mol. The number of benzene rings is 2. The highest BCUT2D eigenvalue weighted by Crippen LogP contribution is 2.26. The van der Waals surface area contributed by atoms with E-state index >= 15 is 0 Å². The fourth-order valence-corrected chi connectivity index (χ4v) is 3.21. The number of ether oxygens (including phenoxy) is 1. The lowest BCUT2D eigenvalue weighted by Crippen LogP contribution is -2.15. The Morgan fingerprint density at radius 2 is 1.90 bits per heavy atom. The van der Waals surface area contributed by atoms with Crippen LogP contribution in [-0.4, -0.2) is 11.9 Å². The summed E-state index contributed by atoms with van der Waals surface area (Å²) in [5, 5.41) is 3.70. The number of anilines is 1. The van der Waals surface area contributed by atoms with Gasteiger partial charge in [0.2, 0.25) is 0 Å². The molecule has 0 saturated heterocycles. The van der Waals surface area contributed by atoms with Gasteiger partial charge in [-0.05, 0) is 48.9 Å². The van der Waals surface area contributed by atoms with Gasteiger partial charge >= 0.3 is 11.6 Å². The van der Waals surface area contributed by atoms with Crippen molar-refractivity contribution < 1.29 is 23.2 Å². The van der Waals surface area contributed by atoms with Gasteiger partial charge in [-0.15, -0.1) is 0 Å². The smallest absolute Gasteiger partial charge is 0.340 e. The Morgan fingerprint density at radius 1 is 1.10 bits per heavy atom. The predicted octanol–water partition coefficient (Wildman–Crippen LogP) is 4.96. The number of carbonyl (C=O) groups excluding carboxylic acids is 2. The van der Waals surface area contributed by atoms with Gasteiger partial charge in [0.15, 0.2) is 5.76 Å². The zero-order valence-corrected chi connectivity index (χ0v) is 17.1. The average molecular weight is 438 g/mol. The zero-order valence-electron chi connectivity index (χ0n) is 16.3. The molecule has 1 amide bonds. The molecule has 31 heavy (non-hydrogen) atoms. The number of hydrogen-bond donors (Lipinski definition) is 1. The Bertz CT molecular complexity index is 1340. The van der Waals surface area contributed by atoms with Crippen LogP contribution in [0.1, 0.15) is 32.0 Å². The van der Waals surface area contributed by atoms with Crippen molar-refractivity contribution in [1.82, 2.24) is 0 Å². The van der Waals surface area contributed by atoms with Crippen LogP contribution in [0.3, 0.4) is 0 Å². The Morgan fingerprint density at radius 3 is 2.68 bits per heavy atom. The molecular formula is C23H16ClNO6. The van der Waals surface area contributed by atoms with Crippen LogP contribution in [0.15, 0.2) is 74.5 Å². The number of esters is 1. The van der Waals surface area contributed by atoms with E-state index in [1.165, 1.54) is 24.5 Å². The van der Waals surface area contributed by atoms with Crippen molar-refractivity contribution in [3.63, 3.8) is 0 Å². The molecule has 4 aromatic rings. The lowest BCUT2D eigenvalue weighted by Gasteiger charge is -2.11. The molecule has 2 aromatic heterocycles. The van der Waals surface area contributed by atoms with Crippen molar-refractivity contribution in [2.75, 3.05) is 5.32 Å². The lowest BCUT2D eigenvalue weighted by atomic mass is 10.1. The van der Waals surface area contributed by atoms with Gasteiger partial charge in [0.25, 0.3) is 5.91 Å². The first-order valence-corrected chi connectivity index (χ1v) is 9.64. The summed E-state index contributed by atoms with van der Waals surface area (Å²) < 4.78 is 15.7. The maximum Gasteiger partial charge on any atom is 0.340 e. The number of hydrogen-bond acceptors (Lipinski definition) is 6. The Labute approximate surface area is 181 Å². The summed E-state index contributed by atoms with van der Waals surface area (Å²) in [5.41, 5.74) is 1.43. The summed E-state index contributed by atoms with van der Waals surface area (Å²) in [5.74, 6) is -1.06. The molecule has 156 valence electrons. The molecule has 0 saturated carbocycles. The van der Waals surface area contributed by atoms with E-state index in [-0.39, 0.29) is 23.6 Å². The third-order valence-electron chi connectivity index (χ3n) is 4.61. The van der Waals surface area contributed by atoms with Crippen molar-refractivity contribution in [3.8, 4) is 0 Å². The van der Waals surface area contributed by atoms with E-state index in [1.807, 2.05) is 0 Å². The third kappa shape index (κ3) is 4.36. The molecule has 7 nitrogen and oxygen atoms in total. The van der Waals surface area contributed by atoms with Crippen LogP contribution >= 0.6 is 11.6 Å². The van der Waals surface area contributed by atoms with E-state index in [0.29, 0.717) is 21.6 Å². The van der Waals surface area contributed by atoms with Gasteiger partial charge in [0, 0.05) is 22.0 Å². The highest BCUT2D eigenvalue weighted by molar-refractivity contribution is 6.32. The van der Waals surface area contributed by atoms with Crippen molar-refractivity contribution in [3.05, 3.63) is 98.8 Å². The van der Waals surface area contributed by atoms with Crippen LogP contribution < -0.4 is 10.9 Å². The molecule has 2 aromatic carbocycles. The molecule has 0 atom stereocenters. The minimum atomic E-state index is -0.671. The number of amides is 1. The number of halogens is 1. The first-order chi connectivity index (χ1) is 14.9. The van der Waals surface area contributed by atoms with Crippen LogP contribution in [0.2, 0.25) is 5.02 Å². The molecular weight excluding hydrogens is 422 g/mol. The van der Waals surface area contributed by atoms with E-state index in [4.69, 9.17) is 25.2 Å². The molecule has 0 aliphatic heterocycles. The van der Waals surface area contributed by atoms with Gasteiger partial charge in [-0.2, -0.15) is 0 Å². The highest BCUT2D eigenvalue weighted by atomic mass is 35.5. The lowest BCUT2D eigenvalue weighted by molar-refractivity contribution is 0.0475. The van der Waals surface area contributed by atoms with Crippen molar-refractivity contribution in [2.45, 2.75) is 13.5 Å². The summed E-state index contributed by atoms with van der Waals surface area (Å²) in [4.78, 5) is 36.9. The Hall–Kier alpha value is -3.84. The highest BCUT2D eigenvalue weighted by Gasteiger charge is 2.17. The van der Waals surface area contributed by atoms with Gasteiger partial charge in [0.05, 0.1) is 17.5 Å². The van der Waals surface area contributed by atoms with Gasteiger partial charge in [-0.1, -0.05) is 23.7 Å². The molecule has 2 heterocycles. The fraction of sp³-hybridized carbons (Fsp3) is 0.0870. The maximum absolute atomic E-state index is 12.7. The summed E-state index contributed by atoms with van der Waals surface area (Å²) in [6.07, 6.45) is 1.38. The number of carbonyl (C=O) groups is 2. The number of fused-ring (bicyclic) bond motifs is 1. The first-order valence-electron chi connectivity index (χ1n) is 9.26. The largest absolute Gasteiger partial charge is 0.459 e. The van der Waals surface area contributed by atoms with Gasteiger partial charge in [0.1, 0.15) is 12.2 Å². The van der Waals surface area contributed by atoms with E-state index in [2.05, 4.69) is 5.32 Å². The molecule has 0 spiro atoms. The molecule has 8 heteroatoms. The molecule has 0 radical (unpaired) electrons. The summed E-state index contributed by atoms with van der Waals surface area (Å²) in [6.45, 7) is 1.61. The maximum atomic E-state index is 12.7.